The Labute approximate surface area is 120 Å². The second-order valence-electron chi connectivity index (χ2n) is 5.41. The smallest absolute Gasteiger partial charge is 0.407 e. The molecule has 1 aliphatic carbocycles. The number of carbonyl (C=O) groups excluding carboxylic acids is 1. The first-order chi connectivity index (χ1) is 9.75. The van der Waals surface area contributed by atoms with E-state index in [0.29, 0.717) is 5.92 Å². The number of aliphatic hydroxyl groups excluding tert-OH is 1. The lowest BCUT2D eigenvalue weighted by Crippen LogP contribution is -2.37. The van der Waals surface area contributed by atoms with Gasteiger partial charge in [-0.2, -0.15) is 0 Å². The van der Waals surface area contributed by atoms with E-state index in [4.69, 9.17) is 4.74 Å². The molecule has 0 spiro atoms. The Morgan fingerprint density at radius 1 is 1.25 bits per heavy atom. The van der Waals surface area contributed by atoms with Crippen molar-refractivity contribution in [3.8, 4) is 0 Å². The van der Waals surface area contributed by atoms with Gasteiger partial charge in [0.25, 0.3) is 0 Å². The van der Waals surface area contributed by atoms with Gasteiger partial charge in [-0.1, -0.05) is 49.6 Å². The van der Waals surface area contributed by atoms with Crippen molar-refractivity contribution in [2.45, 2.75) is 44.8 Å². The second kappa shape index (κ2) is 7.90. The summed E-state index contributed by atoms with van der Waals surface area (Å²) in [5.41, 5.74) is 0.954. The molecule has 2 rings (SSSR count). The number of nitrogens with one attached hydrogen (secondary N) is 1. The molecule has 20 heavy (non-hydrogen) atoms. The molecule has 0 aliphatic heterocycles. The normalized spacial score (nSPS) is 17.4. The van der Waals surface area contributed by atoms with Gasteiger partial charge >= 0.3 is 6.09 Å². The van der Waals surface area contributed by atoms with Crippen LogP contribution in [0.5, 0.6) is 0 Å². The molecule has 1 saturated carbocycles. The Kier molecular flexibility index (Phi) is 5.87. The molecule has 0 heterocycles. The molecule has 1 fully saturated rings. The molecule has 4 nitrogen and oxygen atoms in total. The first-order valence-electron chi connectivity index (χ1n) is 7.38. The molecular formula is C16H23NO3. The van der Waals surface area contributed by atoms with Gasteiger partial charge in [-0.05, 0) is 24.3 Å². The maximum Gasteiger partial charge on any atom is 0.407 e. The van der Waals surface area contributed by atoms with Gasteiger partial charge in [0, 0.05) is 6.54 Å². The first kappa shape index (κ1) is 14.9. The van der Waals surface area contributed by atoms with Crippen molar-refractivity contribution in [2.24, 2.45) is 5.92 Å². The van der Waals surface area contributed by atoms with E-state index in [0.717, 1.165) is 18.4 Å². The Morgan fingerprint density at radius 3 is 2.65 bits per heavy atom. The van der Waals surface area contributed by atoms with E-state index in [-0.39, 0.29) is 13.2 Å². The summed E-state index contributed by atoms with van der Waals surface area (Å²) in [6.07, 6.45) is 4.81. The fourth-order valence-corrected chi connectivity index (χ4v) is 2.65. The highest BCUT2D eigenvalue weighted by Gasteiger charge is 2.22. The van der Waals surface area contributed by atoms with Gasteiger partial charge < -0.3 is 15.2 Å². The summed E-state index contributed by atoms with van der Waals surface area (Å²) in [6, 6.07) is 9.55. The summed E-state index contributed by atoms with van der Waals surface area (Å²) in [5, 5.41) is 12.7. The molecule has 0 saturated heterocycles. The van der Waals surface area contributed by atoms with Crippen molar-refractivity contribution >= 4 is 6.09 Å². The number of benzene rings is 1. The van der Waals surface area contributed by atoms with Gasteiger partial charge in [0.05, 0.1) is 6.10 Å². The van der Waals surface area contributed by atoms with Crippen LogP contribution in [-0.2, 0) is 11.3 Å². The van der Waals surface area contributed by atoms with Crippen LogP contribution in [0, 0.1) is 5.92 Å². The van der Waals surface area contributed by atoms with Crippen molar-refractivity contribution in [3.63, 3.8) is 0 Å². The van der Waals surface area contributed by atoms with Gasteiger partial charge in [-0.25, -0.2) is 4.79 Å². The lowest BCUT2D eigenvalue weighted by molar-refractivity contribution is 0.0781. The van der Waals surface area contributed by atoms with E-state index in [9.17, 15) is 9.90 Å². The van der Waals surface area contributed by atoms with Crippen LogP contribution >= 0.6 is 0 Å². The minimum Gasteiger partial charge on any atom is -0.445 e. The van der Waals surface area contributed by atoms with Gasteiger partial charge in [0.2, 0.25) is 0 Å². The maximum absolute atomic E-state index is 11.6. The molecule has 1 aliphatic rings. The van der Waals surface area contributed by atoms with E-state index in [1.807, 2.05) is 30.3 Å². The number of aliphatic hydroxyl groups is 1. The number of amides is 1. The van der Waals surface area contributed by atoms with Gasteiger partial charge in [-0.3, -0.25) is 0 Å². The fourth-order valence-electron chi connectivity index (χ4n) is 2.65. The summed E-state index contributed by atoms with van der Waals surface area (Å²) in [4.78, 5) is 11.6. The molecule has 1 unspecified atom stereocenters. The molecule has 4 heteroatoms. The lowest BCUT2D eigenvalue weighted by atomic mass is 9.85. The SMILES string of the molecule is O=C(NCC(O)C1CCCCC1)OCc1ccccc1. The van der Waals surface area contributed by atoms with Crippen LogP contribution in [0.2, 0.25) is 0 Å². The number of carbonyl (C=O) groups is 1. The lowest BCUT2D eigenvalue weighted by Gasteiger charge is -2.26. The third-order valence-corrected chi connectivity index (χ3v) is 3.86. The van der Waals surface area contributed by atoms with Crippen LogP contribution in [0.1, 0.15) is 37.7 Å². The largest absolute Gasteiger partial charge is 0.445 e. The fraction of sp³-hybridized carbons (Fsp3) is 0.562. The van der Waals surface area contributed by atoms with E-state index in [1.54, 1.807) is 0 Å². The summed E-state index contributed by atoms with van der Waals surface area (Å²) < 4.78 is 5.10. The van der Waals surface area contributed by atoms with Crippen molar-refractivity contribution in [3.05, 3.63) is 35.9 Å². The van der Waals surface area contributed by atoms with E-state index in [1.165, 1.54) is 19.3 Å². The van der Waals surface area contributed by atoms with Crippen LogP contribution in [-0.4, -0.2) is 23.8 Å². The molecule has 1 aromatic rings. The Hall–Kier alpha value is -1.55. The summed E-state index contributed by atoms with van der Waals surface area (Å²) in [6.45, 7) is 0.532. The zero-order chi connectivity index (χ0) is 14.2. The Bertz CT molecular complexity index is 401. The molecular weight excluding hydrogens is 254 g/mol. The monoisotopic (exact) mass is 277 g/mol. The van der Waals surface area contributed by atoms with Gasteiger partial charge in [-0.15, -0.1) is 0 Å². The minimum absolute atomic E-state index is 0.256. The molecule has 0 radical (unpaired) electrons. The maximum atomic E-state index is 11.6. The third-order valence-electron chi connectivity index (χ3n) is 3.86. The van der Waals surface area contributed by atoms with Crippen LogP contribution < -0.4 is 5.32 Å². The molecule has 1 atom stereocenters. The molecule has 0 aromatic heterocycles. The average molecular weight is 277 g/mol. The highest BCUT2D eigenvalue weighted by atomic mass is 16.5. The number of ether oxygens (including phenoxy) is 1. The van der Waals surface area contributed by atoms with Crippen LogP contribution in [0.15, 0.2) is 30.3 Å². The Morgan fingerprint density at radius 2 is 1.95 bits per heavy atom. The topological polar surface area (TPSA) is 58.6 Å². The minimum atomic E-state index is -0.469. The average Bonchev–Trinajstić information content (AvgIpc) is 2.52. The quantitative estimate of drug-likeness (QED) is 0.870. The summed E-state index contributed by atoms with van der Waals surface area (Å²) >= 11 is 0. The van der Waals surface area contributed by atoms with Crippen LogP contribution in [0.4, 0.5) is 4.79 Å². The molecule has 0 bridgehead atoms. The van der Waals surface area contributed by atoms with Crippen LogP contribution in [0.3, 0.4) is 0 Å². The van der Waals surface area contributed by atoms with E-state index < -0.39 is 12.2 Å². The van der Waals surface area contributed by atoms with Crippen molar-refractivity contribution in [2.75, 3.05) is 6.54 Å². The second-order valence-corrected chi connectivity index (χ2v) is 5.41. The zero-order valence-electron chi connectivity index (χ0n) is 11.8. The van der Waals surface area contributed by atoms with E-state index in [2.05, 4.69) is 5.32 Å². The highest BCUT2D eigenvalue weighted by molar-refractivity contribution is 5.67. The first-order valence-corrected chi connectivity index (χ1v) is 7.38. The Balaban J connectivity index is 1.64. The summed E-state index contributed by atoms with van der Waals surface area (Å²) in [5.74, 6) is 0.318. The van der Waals surface area contributed by atoms with Gasteiger partial charge in [0.15, 0.2) is 0 Å². The van der Waals surface area contributed by atoms with Gasteiger partial charge in [0.1, 0.15) is 6.61 Å². The molecule has 1 amide bonds. The predicted octanol–water partition coefficient (Wildman–Crippen LogP) is 2.85. The van der Waals surface area contributed by atoms with Crippen LogP contribution in [0.25, 0.3) is 0 Å². The number of alkyl carbamates (subject to hydrolysis) is 1. The molecule has 1 aromatic carbocycles. The van der Waals surface area contributed by atoms with Crippen molar-refractivity contribution in [1.82, 2.24) is 5.32 Å². The molecule has 2 N–H and O–H groups in total. The molecule has 110 valence electrons. The number of rotatable bonds is 5. The van der Waals surface area contributed by atoms with E-state index >= 15 is 0 Å². The zero-order valence-corrected chi connectivity index (χ0v) is 11.8. The number of hydrogen-bond acceptors (Lipinski definition) is 3. The number of hydrogen-bond donors (Lipinski definition) is 2. The third kappa shape index (κ3) is 4.85. The van der Waals surface area contributed by atoms with Crippen molar-refractivity contribution < 1.29 is 14.6 Å². The summed E-state index contributed by atoms with van der Waals surface area (Å²) in [7, 11) is 0. The van der Waals surface area contributed by atoms with Crippen molar-refractivity contribution in [1.29, 1.82) is 0 Å². The standard InChI is InChI=1S/C16H23NO3/c18-15(14-9-5-2-6-10-14)11-17-16(19)20-12-13-7-3-1-4-8-13/h1,3-4,7-8,14-15,18H,2,5-6,9-12H2,(H,17,19). The highest BCUT2D eigenvalue weighted by Crippen LogP contribution is 2.26. The predicted molar refractivity (Wildman–Crippen MR) is 77.2 cm³/mol.